The number of hydrogen-bond acceptors (Lipinski definition) is 4. The van der Waals surface area contributed by atoms with E-state index < -0.39 is 16.7 Å². The summed E-state index contributed by atoms with van der Waals surface area (Å²) in [7, 11) is 1.57. The van der Waals surface area contributed by atoms with Crippen LogP contribution in [-0.4, -0.2) is 46.7 Å². The van der Waals surface area contributed by atoms with Crippen LogP contribution in [0.4, 0.5) is 5.69 Å². The fourth-order valence-electron chi connectivity index (χ4n) is 1.94. The Morgan fingerprint density at radius 1 is 1.30 bits per heavy atom. The SMILES string of the molecule is CN1CCN(Cc2ccc(Br)c([N+](=O)[O-])c2)C(=O)C1=O. The number of rotatable bonds is 3. The molecule has 7 nitrogen and oxygen atoms in total. The number of amides is 2. The highest BCUT2D eigenvalue weighted by molar-refractivity contribution is 9.10. The largest absolute Gasteiger partial charge is 0.336 e. The number of nitro benzene ring substituents is 1. The molecule has 0 saturated carbocycles. The van der Waals surface area contributed by atoms with E-state index in [1.165, 1.54) is 15.9 Å². The van der Waals surface area contributed by atoms with E-state index in [1.807, 2.05) is 0 Å². The molecule has 0 bridgehead atoms. The van der Waals surface area contributed by atoms with Crippen LogP contribution in [0.3, 0.4) is 0 Å². The normalized spacial score (nSPS) is 15.7. The average Bonchev–Trinajstić information content (AvgIpc) is 2.41. The number of carbonyl (C=O) groups is 2. The summed E-state index contributed by atoms with van der Waals surface area (Å²) in [6, 6.07) is 4.66. The van der Waals surface area contributed by atoms with Crippen molar-refractivity contribution in [2.45, 2.75) is 6.54 Å². The summed E-state index contributed by atoms with van der Waals surface area (Å²) in [6.07, 6.45) is 0. The van der Waals surface area contributed by atoms with E-state index in [0.717, 1.165) is 0 Å². The number of likely N-dealkylation sites (N-methyl/N-ethyl adjacent to an activating group) is 1. The van der Waals surface area contributed by atoms with Crippen molar-refractivity contribution < 1.29 is 14.5 Å². The third-order valence-electron chi connectivity index (χ3n) is 3.10. The summed E-state index contributed by atoms with van der Waals surface area (Å²) in [5.74, 6) is -1.13. The number of nitrogens with zero attached hydrogens (tertiary/aromatic N) is 3. The van der Waals surface area contributed by atoms with Gasteiger partial charge in [-0.1, -0.05) is 6.07 Å². The summed E-state index contributed by atoms with van der Waals surface area (Å²) in [6.45, 7) is 1.07. The highest BCUT2D eigenvalue weighted by Gasteiger charge is 2.30. The first-order valence-electron chi connectivity index (χ1n) is 5.87. The minimum Gasteiger partial charge on any atom is -0.336 e. The molecule has 20 heavy (non-hydrogen) atoms. The smallest absolute Gasteiger partial charge is 0.312 e. The predicted molar refractivity (Wildman–Crippen MR) is 73.9 cm³/mol. The Morgan fingerprint density at radius 2 is 2.00 bits per heavy atom. The van der Waals surface area contributed by atoms with Crippen LogP contribution >= 0.6 is 15.9 Å². The summed E-state index contributed by atoms with van der Waals surface area (Å²) in [4.78, 5) is 36.5. The van der Waals surface area contributed by atoms with Crippen LogP contribution < -0.4 is 0 Å². The van der Waals surface area contributed by atoms with Gasteiger partial charge < -0.3 is 9.80 Å². The lowest BCUT2D eigenvalue weighted by Crippen LogP contribution is -2.52. The van der Waals surface area contributed by atoms with Gasteiger partial charge in [0.1, 0.15) is 0 Å². The maximum Gasteiger partial charge on any atom is 0.312 e. The summed E-state index contributed by atoms with van der Waals surface area (Å²) >= 11 is 3.10. The van der Waals surface area contributed by atoms with Gasteiger partial charge in [0.05, 0.1) is 9.40 Å². The Morgan fingerprint density at radius 3 is 2.65 bits per heavy atom. The van der Waals surface area contributed by atoms with Gasteiger partial charge in [0, 0.05) is 32.7 Å². The van der Waals surface area contributed by atoms with Gasteiger partial charge in [0.25, 0.3) is 5.69 Å². The molecular weight excluding hydrogens is 330 g/mol. The Bertz CT molecular complexity index is 590. The molecule has 1 aromatic carbocycles. The average molecular weight is 342 g/mol. The molecule has 1 aliphatic heterocycles. The molecule has 1 aromatic rings. The maximum absolute atomic E-state index is 11.8. The van der Waals surface area contributed by atoms with Gasteiger partial charge >= 0.3 is 11.8 Å². The Balaban J connectivity index is 2.18. The summed E-state index contributed by atoms with van der Waals surface area (Å²) < 4.78 is 0.382. The molecule has 0 aromatic heterocycles. The molecular formula is C12H12BrN3O4. The molecule has 2 rings (SSSR count). The van der Waals surface area contributed by atoms with Crippen molar-refractivity contribution >= 4 is 33.4 Å². The van der Waals surface area contributed by atoms with Gasteiger partial charge in [-0.2, -0.15) is 0 Å². The number of halogens is 1. The third-order valence-corrected chi connectivity index (χ3v) is 3.77. The van der Waals surface area contributed by atoms with Crippen LogP contribution in [0.1, 0.15) is 5.56 Å². The van der Waals surface area contributed by atoms with Crippen LogP contribution in [0.15, 0.2) is 22.7 Å². The second-order valence-electron chi connectivity index (χ2n) is 4.50. The lowest BCUT2D eigenvalue weighted by atomic mass is 10.1. The maximum atomic E-state index is 11.8. The molecule has 1 heterocycles. The number of nitro groups is 1. The molecule has 0 N–H and O–H groups in total. The Hall–Kier alpha value is -1.96. The van der Waals surface area contributed by atoms with Crippen molar-refractivity contribution in [3.63, 3.8) is 0 Å². The number of carbonyl (C=O) groups excluding carboxylic acids is 2. The molecule has 8 heteroatoms. The zero-order valence-electron chi connectivity index (χ0n) is 10.7. The van der Waals surface area contributed by atoms with Crippen molar-refractivity contribution in [1.29, 1.82) is 0 Å². The van der Waals surface area contributed by atoms with Gasteiger partial charge in [-0.3, -0.25) is 19.7 Å². The molecule has 1 fully saturated rings. The molecule has 2 amide bonds. The van der Waals surface area contributed by atoms with Crippen molar-refractivity contribution in [2.24, 2.45) is 0 Å². The van der Waals surface area contributed by atoms with E-state index in [1.54, 1.807) is 19.2 Å². The summed E-state index contributed by atoms with van der Waals surface area (Å²) in [5.41, 5.74) is 0.556. The lowest BCUT2D eigenvalue weighted by Gasteiger charge is -2.31. The van der Waals surface area contributed by atoms with Crippen molar-refractivity contribution in [2.75, 3.05) is 20.1 Å². The van der Waals surface area contributed by atoms with E-state index in [9.17, 15) is 19.7 Å². The predicted octanol–water partition coefficient (Wildman–Crippen LogP) is 1.16. The number of benzene rings is 1. The van der Waals surface area contributed by atoms with Crippen molar-refractivity contribution in [3.05, 3.63) is 38.3 Å². The van der Waals surface area contributed by atoms with E-state index in [4.69, 9.17) is 0 Å². The molecule has 1 aliphatic rings. The minimum absolute atomic E-state index is 0.0598. The minimum atomic E-state index is -0.579. The number of piperazine rings is 1. The fraction of sp³-hybridized carbons (Fsp3) is 0.333. The number of hydrogen-bond donors (Lipinski definition) is 0. The highest BCUT2D eigenvalue weighted by atomic mass is 79.9. The zero-order valence-corrected chi connectivity index (χ0v) is 12.3. The fourth-order valence-corrected chi connectivity index (χ4v) is 2.33. The molecule has 0 spiro atoms. The van der Waals surface area contributed by atoms with Crippen molar-refractivity contribution in [1.82, 2.24) is 9.80 Å². The lowest BCUT2D eigenvalue weighted by molar-refractivity contribution is -0.385. The van der Waals surface area contributed by atoms with E-state index in [0.29, 0.717) is 23.1 Å². The second-order valence-corrected chi connectivity index (χ2v) is 5.35. The molecule has 0 atom stereocenters. The van der Waals surface area contributed by atoms with Crippen LogP contribution in [0.5, 0.6) is 0 Å². The quantitative estimate of drug-likeness (QED) is 0.469. The van der Waals surface area contributed by atoms with Gasteiger partial charge in [-0.05, 0) is 27.6 Å². The zero-order chi connectivity index (χ0) is 14.9. The standard InChI is InChI=1S/C12H12BrN3O4/c1-14-4-5-15(12(18)11(14)17)7-8-2-3-9(13)10(6-8)16(19)20/h2-3,6H,4-5,7H2,1H3. The first kappa shape index (κ1) is 14.4. The van der Waals surface area contributed by atoms with Crippen LogP contribution in [-0.2, 0) is 16.1 Å². The van der Waals surface area contributed by atoms with Crippen molar-refractivity contribution in [3.8, 4) is 0 Å². The first-order valence-corrected chi connectivity index (χ1v) is 6.66. The van der Waals surface area contributed by atoms with Gasteiger partial charge in [-0.25, -0.2) is 0 Å². The van der Waals surface area contributed by atoms with E-state index in [-0.39, 0.29) is 12.2 Å². The molecule has 0 unspecified atom stereocenters. The molecule has 0 aliphatic carbocycles. The van der Waals surface area contributed by atoms with Gasteiger partial charge in [-0.15, -0.1) is 0 Å². The second kappa shape index (κ2) is 5.58. The Labute approximate surface area is 123 Å². The molecule has 1 saturated heterocycles. The summed E-state index contributed by atoms with van der Waals surface area (Å²) in [5, 5.41) is 10.9. The van der Waals surface area contributed by atoms with E-state index in [2.05, 4.69) is 15.9 Å². The van der Waals surface area contributed by atoms with Gasteiger partial charge in [0.2, 0.25) is 0 Å². The van der Waals surface area contributed by atoms with E-state index >= 15 is 0 Å². The molecule has 0 radical (unpaired) electrons. The van der Waals surface area contributed by atoms with Crippen LogP contribution in [0.25, 0.3) is 0 Å². The first-order chi connectivity index (χ1) is 9.40. The van der Waals surface area contributed by atoms with Gasteiger partial charge in [0.15, 0.2) is 0 Å². The van der Waals surface area contributed by atoms with Crippen LogP contribution in [0, 0.1) is 10.1 Å². The monoisotopic (exact) mass is 341 g/mol. The van der Waals surface area contributed by atoms with Crippen LogP contribution in [0.2, 0.25) is 0 Å². The third kappa shape index (κ3) is 2.79. The Kier molecular flexibility index (Phi) is 4.03. The highest BCUT2D eigenvalue weighted by Crippen LogP contribution is 2.26. The topological polar surface area (TPSA) is 83.8 Å². The molecule has 106 valence electrons.